The van der Waals surface area contributed by atoms with Crippen molar-refractivity contribution in [3.05, 3.63) is 29.0 Å². The molecule has 0 amide bonds. The number of carbonyl (C=O) groups is 1. The maximum Gasteiger partial charge on any atom is 0.341 e. The zero-order valence-corrected chi connectivity index (χ0v) is 10.2. The second-order valence-corrected chi connectivity index (χ2v) is 4.35. The Bertz CT molecular complexity index is 391. The van der Waals surface area contributed by atoms with Crippen molar-refractivity contribution >= 4 is 17.6 Å². The Morgan fingerprint density at radius 3 is 3.18 bits per heavy atom. The molecule has 1 atom stereocenters. The summed E-state index contributed by atoms with van der Waals surface area (Å²) in [4.78, 5) is 15.6. The number of hydrogen-bond acceptors (Lipinski definition) is 4. The first-order valence-electron chi connectivity index (χ1n) is 5.65. The van der Waals surface area contributed by atoms with Crippen molar-refractivity contribution in [2.45, 2.75) is 25.4 Å². The molecule has 0 radical (unpaired) electrons. The highest BCUT2D eigenvalue weighted by Gasteiger charge is 2.18. The number of ether oxygens (including phenoxy) is 2. The van der Waals surface area contributed by atoms with E-state index in [1.165, 1.54) is 12.4 Å². The molecule has 1 unspecified atom stereocenters. The molecule has 92 valence electrons. The number of halogens is 1. The maximum atomic E-state index is 11.7. The molecular weight excluding hydrogens is 242 g/mol. The standard InChI is InChI=1S/C12H14ClNO3/c13-11-4-5-14-7-10(11)12(15)17-8-9-3-1-2-6-16-9/h4-5,7,9H,1-3,6,8H2. The van der Waals surface area contributed by atoms with Crippen LogP contribution in [-0.4, -0.2) is 30.3 Å². The number of nitrogens with zero attached hydrogens (tertiary/aromatic N) is 1. The molecule has 2 rings (SSSR count). The van der Waals surface area contributed by atoms with Crippen LogP contribution in [0.4, 0.5) is 0 Å². The maximum absolute atomic E-state index is 11.7. The van der Waals surface area contributed by atoms with Crippen LogP contribution < -0.4 is 0 Å². The highest BCUT2D eigenvalue weighted by molar-refractivity contribution is 6.33. The van der Waals surface area contributed by atoms with Crippen LogP contribution in [0.15, 0.2) is 18.5 Å². The van der Waals surface area contributed by atoms with Gasteiger partial charge in [0.1, 0.15) is 6.61 Å². The fraction of sp³-hybridized carbons (Fsp3) is 0.500. The Hall–Kier alpha value is -1.13. The Kier molecular flexibility index (Phi) is 4.34. The van der Waals surface area contributed by atoms with Crippen LogP contribution in [0.3, 0.4) is 0 Å². The van der Waals surface area contributed by atoms with Gasteiger partial charge in [0.25, 0.3) is 0 Å². The summed E-state index contributed by atoms with van der Waals surface area (Å²) >= 11 is 5.87. The predicted octanol–water partition coefficient (Wildman–Crippen LogP) is 2.46. The molecule has 1 aliphatic rings. The molecule has 0 N–H and O–H groups in total. The van der Waals surface area contributed by atoms with Crippen LogP contribution in [0.25, 0.3) is 0 Å². The van der Waals surface area contributed by atoms with E-state index in [-0.39, 0.29) is 12.7 Å². The molecule has 17 heavy (non-hydrogen) atoms. The molecule has 0 saturated carbocycles. The van der Waals surface area contributed by atoms with Crippen LogP contribution in [-0.2, 0) is 9.47 Å². The molecule has 0 spiro atoms. The highest BCUT2D eigenvalue weighted by Crippen LogP contribution is 2.16. The average Bonchev–Trinajstić information content (AvgIpc) is 2.38. The van der Waals surface area contributed by atoms with Gasteiger partial charge in [-0.3, -0.25) is 4.98 Å². The minimum Gasteiger partial charge on any atom is -0.459 e. The topological polar surface area (TPSA) is 48.4 Å². The van der Waals surface area contributed by atoms with Gasteiger partial charge in [-0.05, 0) is 25.3 Å². The van der Waals surface area contributed by atoms with Crippen molar-refractivity contribution in [2.75, 3.05) is 13.2 Å². The first-order chi connectivity index (χ1) is 8.27. The summed E-state index contributed by atoms with van der Waals surface area (Å²) in [5.74, 6) is -0.447. The van der Waals surface area contributed by atoms with E-state index < -0.39 is 5.97 Å². The van der Waals surface area contributed by atoms with Crippen molar-refractivity contribution in [1.82, 2.24) is 4.98 Å². The van der Waals surface area contributed by atoms with Crippen LogP contribution in [0.1, 0.15) is 29.6 Å². The molecule has 5 heteroatoms. The highest BCUT2D eigenvalue weighted by atomic mass is 35.5. The average molecular weight is 256 g/mol. The van der Waals surface area contributed by atoms with Gasteiger partial charge in [-0.2, -0.15) is 0 Å². The third-order valence-corrected chi connectivity index (χ3v) is 2.99. The lowest BCUT2D eigenvalue weighted by molar-refractivity contribution is -0.0300. The van der Waals surface area contributed by atoms with E-state index in [4.69, 9.17) is 21.1 Å². The number of hydrogen-bond donors (Lipinski definition) is 0. The molecule has 1 saturated heterocycles. The zero-order chi connectivity index (χ0) is 12.1. The number of rotatable bonds is 3. The normalized spacial score (nSPS) is 19.9. The third kappa shape index (κ3) is 3.41. The molecule has 2 heterocycles. The van der Waals surface area contributed by atoms with E-state index in [0.717, 1.165) is 25.9 Å². The van der Waals surface area contributed by atoms with E-state index in [9.17, 15) is 4.79 Å². The molecular formula is C12H14ClNO3. The van der Waals surface area contributed by atoms with Gasteiger partial charge in [0, 0.05) is 19.0 Å². The van der Waals surface area contributed by atoms with E-state index in [0.29, 0.717) is 10.6 Å². The lowest BCUT2D eigenvalue weighted by Gasteiger charge is -2.22. The molecule has 1 aromatic rings. The quantitative estimate of drug-likeness (QED) is 0.779. The lowest BCUT2D eigenvalue weighted by Crippen LogP contribution is -2.26. The monoisotopic (exact) mass is 255 g/mol. The van der Waals surface area contributed by atoms with Gasteiger partial charge in [-0.1, -0.05) is 11.6 Å². The fourth-order valence-electron chi connectivity index (χ4n) is 1.71. The summed E-state index contributed by atoms with van der Waals surface area (Å²) in [5, 5.41) is 0.356. The summed E-state index contributed by atoms with van der Waals surface area (Å²) in [6.07, 6.45) is 6.10. The second-order valence-electron chi connectivity index (χ2n) is 3.94. The van der Waals surface area contributed by atoms with E-state index in [2.05, 4.69) is 4.98 Å². The van der Waals surface area contributed by atoms with Crippen LogP contribution in [0.2, 0.25) is 5.02 Å². The SMILES string of the molecule is O=C(OCC1CCCCO1)c1cnccc1Cl. The first-order valence-corrected chi connectivity index (χ1v) is 6.03. The number of carbonyl (C=O) groups excluding carboxylic acids is 1. The minimum absolute atomic E-state index is 0.0168. The predicted molar refractivity (Wildman–Crippen MR) is 63.1 cm³/mol. The minimum atomic E-state index is -0.447. The molecule has 0 bridgehead atoms. The van der Waals surface area contributed by atoms with Gasteiger partial charge in [0.15, 0.2) is 0 Å². The third-order valence-electron chi connectivity index (χ3n) is 2.66. The van der Waals surface area contributed by atoms with Gasteiger partial charge >= 0.3 is 5.97 Å². The molecule has 0 aromatic carbocycles. The molecule has 1 aromatic heterocycles. The Morgan fingerprint density at radius 1 is 1.59 bits per heavy atom. The van der Waals surface area contributed by atoms with E-state index in [1.807, 2.05) is 0 Å². The van der Waals surface area contributed by atoms with Crippen LogP contribution >= 0.6 is 11.6 Å². The van der Waals surface area contributed by atoms with Crippen molar-refractivity contribution in [1.29, 1.82) is 0 Å². The van der Waals surface area contributed by atoms with Gasteiger partial charge in [0.05, 0.1) is 16.7 Å². The number of pyridine rings is 1. The van der Waals surface area contributed by atoms with Crippen molar-refractivity contribution in [3.8, 4) is 0 Å². The van der Waals surface area contributed by atoms with E-state index in [1.54, 1.807) is 6.07 Å². The molecule has 4 nitrogen and oxygen atoms in total. The largest absolute Gasteiger partial charge is 0.459 e. The van der Waals surface area contributed by atoms with Gasteiger partial charge in [0.2, 0.25) is 0 Å². The number of aromatic nitrogens is 1. The van der Waals surface area contributed by atoms with Crippen molar-refractivity contribution in [3.63, 3.8) is 0 Å². The summed E-state index contributed by atoms with van der Waals surface area (Å²) in [6, 6.07) is 1.56. The number of esters is 1. The zero-order valence-electron chi connectivity index (χ0n) is 9.39. The summed E-state index contributed by atoms with van der Waals surface area (Å²) in [6.45, 7) is 1.03. The molecule has 0 aliphatic carbocycles. The Labute approximate surface area is 105 Å². The molecule has 1 fully saturated rings. The Morgan fingerprint density at radius 2 is 2.47 bits per heavy atom. The summed E-state index contributed by atoms with van der Waals surface area (Å²) in [5.41, 5.74) is 0.296. The lowest BCUT2D eigenvalue weighted by atomic mass is 10.1. The van der Waals surface area contributed by atoms with Crippen molar-refractivity contribution in [2.24, 2.45) is 0 Å². The fourth-order valence-corrected chi connectivity index (χ4v) is 1.90. The van der Waals surface area contributed by atoms with Gasteiger partial charge in [-0.25, -0.2) is 4.79 Å². The molecule has 1 aliphatic heterocycles. The van der Waals surface area contributed by atoms with Crippen LogP contribution in [0.5, 0.6) is 0 Å². The summed E-state index contributed by atoms with van der Waals surface area (Å²) < 4.78 is 10.6. The van der Waals surface area contributed by atoms with Gasteiger partial charge in [-0.15, -0.1) is 0 Å². The first kappa shape index (κ1) is 12.3. The van der Waals surface area contributed by atoms with E-state index >= 15 is 0 Å². The van der Waals surface area contributed by atoms with Crippen molar-refractivity contribution < 1.29 is 14.3 Å². The van der Waals surface area contributed by atoms with Gasteiger partial charge < -0.3 is 9.47 Å². The van der Waals surface area contributed by atoms with Crippen LogP contribution in [0, 0.1) is 0 Å². The summed E-state index contributed by atoms with van der Waals surface area (Å²) in [7, 11) is 0. The Balaban J connectivity index is 1.87. The second kappa shape index (κ2) is 5.98. The smallest absolute Gasteiger partial charge is 0.341 e.